The maximum absolute atomic E-state index is 10.2. The summed E-state index contributed by atoms with van der Waals surface area (Å²) in [4.78, 5) is 0. The summed E-state index contributed by atoms with van der Waals surface area (Å²) in [6, 6.07) is 12.3. The van der Waals surface area contributed by atoms with Gasteiger partial charge in [-0.3, -0.25) is 0 Å². The van der Waals surface area contributed by atoms with Gasteiger partial charge in [0.05, 0.1) is 14.2 Å². The average Bonchev–Trinajstić information content (AvgIpc) is 2.90. The Labute approximate surface area is 118 Å². The lowest BCUT2D eigenvalue weighted by molar-refractivity contribution is 0.336. The Balaban J connectivity index is 2.10. The van der Waals surface area contributed by atoms with Crippen molar-refractivity contribution in [3.05, 3.63) is 53.1 Å². The Morgan fingerprint density at radius 2 is 1.80 bits per heavy atom. The van der Waals surface area contributed by atoms with Crippen LogP contribution < -0.4 is 9.47 Å². The molecule has 0 bridgehead atoms. The van der Waals surface area contributed by atoms with Gasteiger partial charge < -0.3 is 14.6 Å². The Bertz CT molecular complexity index is 634. The fourth-order valence-corrected chi connectivity index (χ4v) is 3.10. The summed E-state index contributed by atoms with van der Waals surface area (Å²) in [7, 11) is 3.12. The molecule has 3 nitrogen and oxygen atoms in total. The number of aromatic hydroxyl groups is 1. The van der Waals surface area contributed by atoms with Crippen LogP contribution in [-0.4, -0.2) is 19.3 Å². The molecule has 0 heterocycles. The van der Waals surface area contributed by atoms with Gasteiger partial charge in [0.2, 0.25) is 5.75 Å². The topological polar surface area (TPSA) is 38.7 Å². The van der Waals surface area contributed by atoms with Gasteiger partial charge in [-0.15, -0.1) is 0 Å². The molecular weight excluding hydrogens is 252 g/mol. The van der Waals surface area contributed by atoms with E-state index < -0.39 is 0 Å². The molecule has 0 fully saturated rings. The highest BCUT2D eigenvalue weighted by Gasteiger charge is 2.28. The molecule has 0 aliphatic heterocycles. The van der Waals surface area contributed by atoms with Gasteiger partial charge in [0.25, 0.3) is 0 Å². The monoisotopic (exact) mass is 270 g/mol. The number of phenols is 1. The number of aryl methyl sites for hydroxylation is 1. The summed E-state index contributed by atoms with van der Waals surface area (Å²) in [6.07, 6.45) is 2.11. The average molecular weight is 270 g/mol. The molecule has 1 aliphatic carbocycles. The minimum absolute atomic E-state index is 0.0804. The number of benzene rings is 2. The predicted octanol–water partition coefficient (Wildman–Crippen LogP) is 3.49. The van der Waals surface area contributed by atoms with E-state index in [9.17, 15) is 5.11 Å². The molecule has 0 aromatic heterocycles. The second kappa shape index (κ2) is 5.08. The van der Waals surface area contributed by atoms with Crippen molar-refractivity contribution in [1.82, 2.24) is 0 Å². The van der Waals surface area contributed by atoms with Gasteiger partial charge in [-0.05, 0) is 30.0 Å². The van der Waals surface area contributed by atoms with Crippen LogP contribution in [0.25, 0.3) is 0 Å². The maximum Gasteiger partial charge on any atom is 0.201 e. The molecule has 0 spiro atoms. The van der Waals surface area contributed by atoms with Crippen molar-refractivity contribution in [3.63, 3.8) is 0 Å². The largest absolute Gasteiger partial charge is 0.502 e. The number of fused-ring (bicyclic) bond motifs is 1. The molecular formula is C17H18O3. The Morgan fingerprint density at radius 1 is 1.00 bits per heavy atom. The number of rotatable bonds is 3. The molecule has 3 heteroatoms. The molecule has 0 radical (unpaired) electrons. The van der Waals surface area contributed by atoms with E-state index in [4.69, 9.17) is 9.47 Å². The summed E-state index contributed by atoms with van der Waals surface area (Å²) in [5, 5.41) is 10.2. The van der Waals surface area contributed by atoms with E-state index in [1.807, 2.05) is 6.07 Å². The zero-order valence-electron chi connectivity index (χ0n) is 11.7. The third-order valence-corrected chi connectivity index (χ3v) is 4.06. The first-order valence-electron chi connectivity index (χ1n) is 6.78. The van der Waals surface area contributed by atoms with Crippen LogP contribution in [0, 0.1) is 0 Å². The van der Waals surface area contributed by atoms with Crippen LogP contribution in [0.2, 0.25) is 0 Å². The fraction of sp³-hybridized carbons (Fsp3) is 0.294. The molecule has 1 unspecified atom stereocenters. The molecule has 0 amide bonds. The second-order valence-electron chi connectivity index (χ2n) is 5.03. The van der Waals surface area contributed by atoms with Crippen LogP contribution in [-0.2, 0) is 6.42 Å². The minimum Gasteiger partial charge on any atom is -0.502 e. The normalized spacial score (nSPS) is 16.8. The molecule has 0 saturated heterocycles. The highest BCUT2D eigenvalue weighted by Crippen LogP contribution is 2.47. The smallest absolute Gasteiger partial charge is 0.201 e. The van der Waals surface area contributed by atoms with Gasteiger partial charge in [-0.25, -0.2) is 0 Å². The lowest BCUT2D eigenvalue weighted by Gasteiger charge is -2.18. The Kier molecular flexibility index (Phi) is 3.26. The zero-order valence-corrected chi connectivity index (χ0v) is 11.7. The first-order valence-corrected chi connectivity index (χ1v) is 6.78. The van der Waals surface area contributed by atoms with Crippen LogP contribution in [0.5, 0.6) is 17.2 Å². The van der Waals surface area contributed by atoms with Crippen molar-refractivity contribution < 1.29 is 14.6 Å². The number of hydrogen-bond acceptors (Lipinski definition) is 3. The SMILES string of the molecule is COc1ccc(C2CCc3ccccc32)c(OC)c1O. The standard InChI is InChI=1S/C17H18O3/c1-19-15-10-9-14(17(20-2)16(15)18)13-8-7-11-5-3-4-6-12(11)13/h3-6,9-10,13,18H,7-8H2,1-2H3. The van der Waals surface area contributed by atoms with Gasteiger partial charge in [0.1, 0.15) is 0 Å². The van der Waals surface area contributed by atoms with Gasteiger partial charge in [-0.1, -0.05) is 30.3 Å². The fourth-order valence-electron chi connectivity index (χ4n) is 3.10. The number of ether oxygens (including phenoxy) is 2. The summed E-state index contributed by atoms with van der Waals surface area (Å²) in [6.45, 7) is 0. The van der Waals surface area contributed by atoms with Gasteiger partial charge >= 0.3 is 0 Å². The second-order valence-corrected chi connectivity index (χ2v) is 5.03. The van der Waals surface area contributed by atoms with Crippen molar-refractivity contribution >= 4 is 0 Å². The van der Waals surface area contributed by atoms with Crippen molar-refractivity contribution in [1.29, 1.82) is 0 Å². The predicted molar refractivity (Wildman–Crippen MR) is 77.8 cm³/mol. The summed E-state index contributed by atoms with van der Waals surface area (Å²) in [5.41, 5.74) is 3.74. The van der Waals surface area contributed by atoms with Gasteiger partial charge in [0.15, 0.2) is 11.5 Å². The van der Waals surface area contributed by atoms with E-state index in [1.54, 1.807) is 20.3 Å². The molecule has 1 aliphatic rings. The van der Waals surface area contributed by atoms with E-state index in [1.165, 1.54) is 11.1 Å². The van der Waals surface area contributed by atoms with Gasteiger partial charge in [-0.2, -0.15) is 0 Å². The number of hydrogen-bond donors (Lipinski definition) is 1. The van der Waals surface area contributed by atoms with Crippen LogP contribution in [0.4, 0.5) is 0 Å². The van der Waals surface area contributed by atoms with E-state index >= 15 is 0 Å². The van der Waals surface area contributed by atoms with E-state index in [2.05, 4.69) is 24.3 Å². The van der Waals surface area contributed by atoms with Crippen molar-refractivity contribution in [2.24, 2.45) is 0 Å². The molecule has 2 aromatic carbocycles. The molecule has 104 valence electrons. The van der Waals surface area contributed by atoms with Crippen LogP contribution in [0.15, 0.2) is 36.4 Å². The maximum atomic E-state index is 10.2. The molecule has 3 rings (SSSR count). The molecule has 0 saturated carbocycles. The molecule has 1 N–H and O–H groups in total. The highest BCUT2D eigenvalue weighted by molar-refractivity contribution is 5.58. The first kappa shape index (κ1) is 12.9. The molecule has 1 atom stereocenters. The van der Waals surface area contributed by atoms with Crippen LogP contribution in [0.3, 0.4) is 0 Å². The van der Waals surface area contributed by atoms with Crippen molar-refractivity contribution in [3.8, 4) is 17.2 Å². The quantitative estimate of drug-likeness (QED) is 0.928. The third kappa shape index (κ3) is 1.90. The van der Waals surface area contributed by atoms with Crippen molar-refractivity contribution in [2.45, 2.75) is 18.8 Å². The number of phenolic OH excluding ortho intramolecular Hbond substituents is 1. The van der Waals surface area contributed by atoms with E-state index in [-0.39, 0.29) is 11.7 Å². The summed E-state index contributed by atoms with van der Waals surface area (Å²) >= 11 is 0. The van der Waals surface area contributed by atoms with E-state index in [0.29, 0.717) is 11.5 Å². The number of methoxy groups -OCH3 is 2. The molecule has 20 heavy (non-hydrogen) atoms. The Morgan fingerprint density at radius 3 is 2.55 bits per heavy atom. The highest BCUT2D eigenvalue weighted by atomic mass is 16.5. The summed E-state index contributed by atoms with van der Waals surface area (Å²) in [5.74, 6) is 1.32. The van der Waals surface area contributed by atoms with E-state index in [0.717, 1.165) is 18.4 Å². The zero-order chi connectivity index (χ0) is 14.1. The Hall–Kier alpha value is -2.16. The van der Waals surface area contributed by atoms with Gasteiger partial charge in [0, 0.05) is 11.5 Å². The minimum atomic E-state index is 0.0804. The lowest BCUT2D eigenvalue weighted by Crippen LogP contribution is -2.01. The van der Waals surface area contributed by atoms with Crippen LogP contribution in [0.1, 0.15) is 29.0 Å². The van der Waals surface area contributed by atoms with Crippen LogP contribution >= 0.6 is 0 Å². The first-order chi connectivity index (χ1) is 9.76. The lowest BCUT2D eigenvalue weighted by atomic mass is 9.92. The molecule has 2 aromatic rings. The third-order valence-electron chi connectivity index (χ3n) is 4.06. The van der Waals surface area contributed by atoms with Crippen molar-refractivity contribution in [2.75, 3.05) is 14.2 Å². The summed E-state index contributed by atoms with van der Waals surface area (Å²) < 4.78 is 10.6.